The molecule has 1 N–H and O–H groups in total. The van der Waals surface area contributed by atoms with Crippen LogP contribution in [0.5, 0.6) is 0 Å². The zero-order valence-corrected chi connectivity index (χ0v) is 11.4. The predicted molar refractivity (Wildman–Crippen MR) is 68.8 cm³/mol. The molecule has 1 saturated heterocycles. The second-order valence-electron chi connectivity index (χ2n) is 5.49. The maximum atomic E-state index is 5.51. The minimum atomic E-state index is -0.0267. The molecule has 0 aliphatic carbocycles. The van der Waals surface area contributed by atoms with Crippen LogP contribution in [-0.4, -0.2) is 49.8 Å². The molecule has 1 aliphatic rings. The van der Waals surface area contributed by atoms with Crippen LogP contribution in [0.15, 0.2) is 0 Å². The first-order chi connectivity index (χ1) is 7.57. The lowest BCUT2D eigenvalue weighted by atomic mass is 10.1. The van der Waals surface area contributed by atoms with Crippen LogP contribution in [0, 0.1) is 0 Å². The Kier molecular flexibility index (Phi) is 5.73. The molecule has 96 valence electrons. The summed E-state index contributed by atoms with van der Waals surface area (Å²) in [6.45, 7) is 11.1. The van der Waals surface area contributed by atoms with Gasteiger partial charge in [0.2, 0.25) is 0 Å². The molecule has 1 aliphatic heterocycles. The van der Waals surface area contributed by atoms with E-state index in [1.807, 2.05) is 0 Å². The SMILES string of the molecule is CCCC1CN(CC(C)(C)OC)CCCN1. The Hall–Kier alpha value is -0.120. The Bertz CT molecular complexity index is 194. The lowest BCUT2D eigenvalue weighted by Gasteiger charge is -2.32. The molecule has 0 saturated carbocycles. The minimum Gasteiger partial charge on any atom is -0.377 e. The van der Waals surface area contributed by atoms with Crippen molar-refractivity contribution in [2.24, 2.45) is 0 Å². The van der Waals surface area contributed by atoms with E-state index in [0.29, 0.717) is 6.04 Å². The third-order valence-electron chi connectivity index (χ3n) is 3.36. The number of methoxy groups -OCH3 is 1. The Morgan fingerprint density at radius 2 is 2.19 bits per heavy atom. The van der Waals surface area contributed by atoms with Gasteiger partial charge in [0.1, 0.15) is 0 Å². The summed E-state index contributed by atoms with van der Waals surface area (Å²) in [7, 11) is 1.81. The number of nitrogens with one attached hydrogen (secondary N) is 1. The summed E-state index contributed by atoms with van der Waals surface area (Å²) in [5.41, 5.74) is -0.0267. The number of hydrogen-bond acceptors (Lipinski definition) is 3. The first-order valence-corrected chi connectivity index (χ1v) is 6.58. The number of nitrogens with zero attached hydrogens (tertiary/aromatic N) is 1. The second kappa shape index (κ2) is 6.58. The summed E-state index contributed by atoms with van der Waals surface area (Å²) < 4.78 is 5.51. The van der Waals surface area contributed by atoms with Crippen LogP contribution in [-0.2, 0) is 4.74 Å². The smallest absolute Gasteiger partial charge is 0.0749 e. The maximum absolute atomic E-state index is 5.51. The highest BCUT2D eigenvalue weighted by atomic mass is 16.5. The van der Waals surface area contributed by atoms with Crippen LogP contribution < -0.4 is 5.32 Å². The summed E-state index contributed by atoms with van der Waals surface area (Å²) in [6.07, 6.45) is 3.79. The average Bonchev–Trinajstić information content (AvgIpc) is 2.44. The molecule has 0 aromatic rings. The van der Waals surface area contributed by atoms with E-state index in [2.05, 4.69) is 31.0 Å². The van der Waals surface area contributed by atoms with Gasteiger partial charge >= 0.3 is 0 Å². The van der Waals surface area contributed by atoms with Crippen molar-refractivity contribution in [1.29, 1.82) is 0 Å². The van der Waals surface area contributed by atoms with Crippen molar-refractivity contribution in [2.75, 3.05) is 33.3 Å². The molecule has 16 heavy (non-hydrogen) atoms. The van der Waals surface area contributed by atoms with Gasteiger partial charge in [-0.3, -0.25) is 4.90 Å². The number of hydrogen-bond donors (Lipinski definition) is 1. The van der Waals surface area contributed by atoms with Crippen molar-refractivity contribution in [3.63, 3.8) is 0 Å². The Balaban J connectivity index is 2.45. The largest absolute Gasteiger partial charge is 0.377 e. The van der Waals surface area contributed by atoms with Crippen molar-refractivity contribution in [1.82, 2.24) is 10.2 Å². The molecule has 1 unspecified atom stereocenters. The Morgan fingerprint density at radius 3 is 2.81 bits per heavy atom. The van der Waals surface area contributed by atoms with Crippen LogP contribution >= 0.6 is 0 Å². The van der Waals surface area contributed by atoms with Crippen molar-refractivity contribution < 1.29 is 4.74 Å². The zero-order chi connectivity index (χ0) is 12.0. The van der Waals surface area contributed by atoms with Gasteiger partial charge in [-0.05, 0) is 39.8 Å². The first-order valence-electron chi connectivity index (χ1n) is 6.58. The standard InChI is InChI=1S/C13H28N2O/c1-5-7-12-10-15(9-6-8-14-12)11-13(2,3)16-4/h12,14H,5-11H2,1-4H3. The Morgan fingerprint density at radius 1 is 1.44 bits per heavy atom. The number of ether oxygens (including phenoxy) is 1. The van der Waals surface area contributed by atoms with Gasteiger partial charge in [-0.1, -0.05) is 13.3 Å². The zero-order valence-electron chi connectivity index (χ0n) is 11.4. The fraction of sp³-hybridized carbons (Fsp3) is 1.00. The molecule has 3 heteroatoms. The topological polar surface area (TPSA) is 24.5 Å². The van der Waals surface area contributed by atoms with Gasteiger partial charge in [-0.25, -0.2) is 0 Å². The Labute approximate surface area is 101 Å². The van der Waals surface area contributed by atoms with E-state index in [1.54, 1.807) is 7.11 Å². The normalized spacial score (nSPS) is 24.4. The van der Waals surface area contributed by atoms with Gasteiger partial charge in [-0.15, -0.1) is 0 Å². The van der Waals surface area contributed by atoms with E-state index < -0.39 is 0 Å². The fourth-order valence-corrected chi connectivity index (χ4v) is 2.36. The van der Waals surface area contributed by atoms with Crippen LogP contribution in [0.25, 0.3) is 0 Å². The van der Waals surface area contributed by atoms with Gasteiger partial charge in [0, 0.05) is 26.2 Å². The highest BCUT2D eigenvalue weighted by Gasteiger charge is 2.24. The predicted octanol–water partition coefficient (Wildman–Crippen LogP) is 1.88. The van der Waals surface area contributed by atoms with Crippen molar-refractivity contribution in [3.05, 3.63) is 0 Å². The molecule has 0 amide bonds. The monoisotopic (exact) mass is 228 g/mol. The molecule has 1 atom stereocenters. The average molecular weight is 228 g/mol. The molecule has 3 nitrogen and oxygen atoms in total. The third-order valence-corrected chi connectivity index (χ3v) is 3.36. The van der Waals surface area contributed by atoms with Crippen LogP contribution in [0.1, 0.15) is 40.0 Å². The quantitative estimate of drug-likeness (QED) is 0.777. The van der Waals surface area contributed by atoms with E-state index in [-0.39, 0.29) is 5.60 Å². The summed E-state index contributed by atoms with van der Waals surface area (Å²) in [4.78, 5) is 2.55. The molecule has 0 aromatic carbocycles. The van der Waals surface area contributed by atoms with E-state index in [4.69, 9.17) is 4.74 Å². The highest BCUT2D eigenvalue weighted by Crippen LogP contribution is 2.13. The molecule has 0 bridgehead atoms. The summed E-state index contributed by atoms with van der Waals surface area (Å²) in [5.74, 6) is 0. The molecular weight excluding hydrogens is 200 g/mol. The molecular formula is C13H28N2O. The van der Waals surface area contributed by atoms with Gasteiger partial charge in [-0.2, -0.15) is 0 Å². The molecule has 0 aromatic heterocycles. The van der Waals surface area contributed by atoms with E-state index in [9.17, 15) is 0 Å². The minimum absolute atomic E-state index is 0.0267. The highest BCUT2D eigenvalue weighted by molar-refractivity contribution is 4.81. The third kappa shape index (κ3) is 4.81. The summed E-state index contributed by atoms with van der Waals surface area (Å²) >= 11 is 0. The molecule has 1 heterocycles. The van der Waals surface area contributed by atoms with Gasteiger partial charge in [0.25, 0.3) is 0 Å². The molecule has 0 radical (unpaired) electrons. The van der Waals surface area contributed by atoms with E-state index in [0.717, 1.165) is 13.1 Å². The lowest BCUT2D eigenvalue weighted by molar-refractivity contribution is -0.00786. The van der Waals surface area contributed by atoms with Crippen LogP contribution in [0.2, 0.25) is 0 Å². The maximum Gasteiger partial charge on any atom is 0.0749 e. The molecule has 1 rings (SSSR count). The van der Waals surface area contributed by atoms with Crippen LogP contribution in [0.3, 0.4) is 0 Å². The summed E-state index contributed by atoms with van der Waals surface area (Å²) in [6, 6.07) is 0.667. The van der Waals surface area contributed by atoms with Gasteiger partial charge in [0.15, 0.2) is 0 Å². The van der Waals surface area contributed by atoms with Crippen molar-refractivity contribution in [2.45, 2.75) is 51.7 Å². The number of rotatable bonds is 5. The van der Waals surface area contributed by atoms with Gasteiger partial charge < -0.3 is 10.1 Å². The van der Waals surface area contributed by atoms with Crippen molar-refractivity contribution in [3.8, 4) is 0 Å². The van der Waals surface area contributed by atoms with Gasteiger partial charge in [0.05, 0.1) is 5.60 Å². The lowest BCUT2D eigenvalue weighted by Crippen LogP contribution is -2.44. The van der Waals surface area contributed by atoms with Crippen LogP contribution in [0.4, 0.5) is 0 Å². The van der Waals surface area contributed by atoms with E-state index >= 15 is 0 Å². The molecule has 0 spiro atoms. The first kappa shape index (κ1) is 13.9. The second-order valence-corrected chi connectivity index (χ2v) is 5.49. The fourth-order valence-electron chi connectivity index (χ4n) is 2.36. The van der Waals surface area contributed by atoms with E-state index in [1.165, 1.54) is 32.4 Å². The van der Waals surface area contributed by atoms with Crippen molar-refractivity contribution >= 4 is 0 Å². The molecule has 1 fully saturated rings. The summed E-state index contributed by atoms with van der Waals surface area (Å²) in [5, 5.41) is 3.63.